The second-order valence-corrected chi connectivity index (χ2v) is 4.26. The molecular formula is C14H24N2O. The first kappa shape index (κ1) is 14.1. The highest BCUT2D eigenvalue weighted by molar-refractivity contribution is 5.07. The molecule has 0 saturated heterocycles. The third-order valence-electron chi connectivity index (χ3n) is 2.80. The first-order valence-corrected chi connectivity index (χ1v) is 6.61. The molecule has 1 unspecified atom stereocenters. The molecule has 0 spiro atoms. The van der Waals surface area contributed by atoms with E-state index in [-0.39, 0.29) is 6.10 Å². The van der Waals surface area contributed by atoms with Crippen LogP contribution in [0.5, 0.6) is 0 Å². The number of rotatable bonds is 9. The molecule has 1 heterocycles. The normalized spacial score (nSPS) is 12.6. The zero-order valence-electron chi connectivity index (χ0n) is 10.8. The maximum atomic E-state index is 5.77. The standard InChI is InChI=1S/C14H24N2O/c1-2-3-4-5-8-11-17-14(12-15)13-9-6-7-10-16-13/h6-7,9-10,14H,2-5,8,11-12,15H2,1H3. The van der Waals surface area contributed by atoms with Crippen molar-refractivity contribution < 1.29 is 4.74 Å². The Hall–Kier alpha value is -0.930. The quantitative estimate of drug-likeness (QED) is 0.670. The van der Waals surface area contributed by atoms with E-state index >= 15 is 0 Å². The monoisotopic (exact) mass is 236 g/mol. The molecule has 1 atom stereocenters. The predicted octanol–water partition coefficient (Wildman–Crippen LogP) is 3.07. The molecule has 1 rings (SSSR count). The fourth-order valence-corrected chi connectivity index (χ4v) is 1.77. The number of unbranched alkanes of at least 4 members (excludes halogenated alkanes) is 4. The highest BCUT2D eigenvalue weighted by Gasteiger charge is 2.10. The zero-order chi connectivity index (χ0) is 12.3. The van der Waals surface area contributed by atoms with Crippen LogP contribution in [0.2, 0.25) is 0 Å². The van der Waals surface area contributed by atoms with Crippen LogP contribution in [0, 0.1) is 0 Å². The summed E-state index contributed by atoms with van der Waals surface area (Å²) >= 11 is 0. The fourth-order valence-electron chi connectivity index (χ4n) is 1.77. The highest BCUT2D eigenvalue weighted by Crippen LogP contribution is 2.14. The van der Waals surface area contributed by atoms with Gasteiger partial charge in [0.25, 0.3) is 0 Å². The van der Waals surface area contributed by atoms with E-state index in [0.717, 1.165) is 18.7 Å². The van der Waals surface area contributed by atoms with Gasteiger partial charge in [0.1, 0.15) is 6.10 Å². The number of ether oxygens (including phenoxy) is 1. The summed E-state index contributed by atoms with van der Waals surface area (Å²) in [6.07, 6.45) is 7.99. The van der Waals surface area contributed by atoms with E-state index in [1.807, 2.05) is 18.2 Å². The molecule has 0 aliphatic carbocycles. The SMILES string of the molecule is CCCCCCCOC(CN)c1ccccn1. The molecule has 0 amide bonds. The lowest BCUT2D eigenvalue weighted by Gasteiger charge is -2.15. The Morgan fingerprint density at radius 2 is 2.06 bits per heavy atom. The molecule has 3 nitrogen and oxygen atoms in total. The van der Waals surface area contributed by atoms with Crippen LogP contribution >= 0.6 is 0 Å². The van der Waals surface area contributed by atoms with Gasteiger partial charge in [0, 0.05) is 19.3 Å². The summed E-state index contributed by atoms with van der Waals surface area (Å²) in [4.78, 5) is 4.27. The molecule has 1 aromatic rings. The molecule has 2 N–H and O–H groups in total. The minimum atomic E-state index is -0.0534. The van der Waals surface area contributed by atoms with E-state index in [9.17, 15) is 0 Å². The molecule has 0 fully saturated rings. The van der Waals surface area contributed by atoms with E-state index in [4.69, 9.17) is 10.5 Å². The van der Waals surface area contributed by atoms with Crippen LogP contribution in [-0.4, -0.2) is 18.1 Å². The molecule has 0 aromatic carbocycles. The summed E-state index contributed by atoms with van der Waals surface area (Å²) in [5.41, 5.74) is 6.64. The Balaban J connectivity index is 2.20. The molecule has 0 bridgehead atoms. The summed E-state index contributed by atoms with van der Waals surface area (Å²) in [6, 6.07) is 5.84. The Morgan fingerprint density at radius 3 is 2.71 bits per heavy atom. The Bertz CT molecular complexity index is 277. The highest BCUT2D eigenvalue weighted by atomic mass is 16.5. The average molecular weight is 236 g/mol. The molecule has 17 heavy (non-hydrogen) atoms. The van der Waals surface area contributed by atoms with E-state index in [0.29, 0.717) is 6.54 Å². The maximum Gasteiger partial charge on any atom is 0.112 e. The van der Waals surface area contributed by atoms with Gasteiger partial charge in [-0.25, -0.2) is 0 Å². The second-order valence-electron chi connectivity index (χ2n) is 4.26. The predicted molar refractivity (Wildman–Crippen MR) is 70.7 cm³/mol. The van der Waals surface area contributed by atoms with Gasteiger partial charge in [0.05, 0.1) is 5.69 Å². The molecule has 0 aliphatic rings. The van der Waals surface area contributed by atoms with E-state index < -0.39 is 0 Å². The molecule has 3 heteroatoms. The minimum absolute atomic E-state index is 0.0534. The van der Waals surface area contributed by atoms with Crippen molar-refractivity contribution in [1.29, 1.82) is 0 Å². The van der Waals surface area contributed by atoms with Crippen molar-refractivity contribution in [2.24, 2.45) is 5.73 Å². The van der Waals surface area contributed by atoms with Gasteiger partial charge in [-0.3, -0.25) is 4.98 Å². The number of nitrogens with two attached hydrogens (primary N) is 1. The van der Waals surface area contributed by atoms with Crippen LogP contribution in [0.1, 0.15) is 50.8 Å². The van der Waals surface area contributed by atoms with E-state index in [1.54, 1.807) is 6.20 Å². The van der Waals surface area contributed by atoms with Gasteiger partial charge in [-0.1, -0.05) is 38.7 Å². The minimum Gasteiger partial charge on any atom is -0.371 e. The maximum absolute atomic E-state index is 5.77. The summed E-state index contributed by atoms with van der Waals surface area (Å²) in [5, 5.41) is 0. The van der Waals surface area contributed by atoms with Gasteiger partial charge in [0.2, 0.25) is 0 Å². The van der Waals surface area contributed by atoms with Gasteiger partial charge in [-0.05, 0) is 18.6 Å². The third kappa shape index (κ3) is 5.80. The number of pyridine rings is 1. The molecule has 0 aliphatic heterocycles. The molecular weight excluding hydrogens is 212 g/mol. The van der Waals surface area contributed by atoms with E-state index in [1.165, 1.54) is 25.7 Å². The Kier molecular flexibility index (Phi) is 7.60. The number of hydrogen-bond acceptors (Lipinski definition) is 3. The van der Waals surface area contributed by atoms with Crippen molar-refractivity contribution in [3.63, 3.8) is 0 Å². The molecule has 1 aromatic heterocycles. The topological polar surface area (TPSA) is 48.1 Å². The first-order valence-electron chi connectivity index (χ1n) is 6.61. The van der Waals surface area contributed by atoms with Crippen molar-refractivity contribution >= 4 is 0 Å². The summed E-state index contributed by atoms with van der Waals surface area (Å²) in [6.45, 7) is 3.50. The zero-order valence-corrected chi connectivity index (χ0v) is 10.8. The first-order chi connectivity index (χ1) is 8.38. The average Bonchev–Trinajstić information content (AvgIpc) is 2.39. The van der Waals surface area contributed by atoms with Crippen molar-refractivity contribution in [1.82, 2.24) is 4.98 Å². The van der Waals surface area contributed by atoms with Crippen LogP contribution in [-0.2, 0) is 4.74 Å². The van der Waals surface area contributed by atoms with Crippen molar-refractivity contribution in [3.8, 4) is 0 Å². The molecule has 0 saturated carbocycles. The fraction of sp³-hybridized carbons (Fsp3) is 0.643. The lowest BCUT2D eigenvalue weighted by Crippen LogP contribution is -2.17. The van der Waals surface area contributed by atoms with Gasteiger partial charge in [-0.2, -0.15) is 0 Å². The van der Waals surface area contributed by atoms with Crippen molar-refractivity contribution in [2.75, 3.05) is 13.2 Å². The van der Waals surface area contributed by atoms with Crippen LogP contribution in [0.3, 0.4) is 0 Å². The third-order valence-corrected chi connectivity index (χ3v) is 2.80. The van der Waals surface area contributed by atoms with Gasteiger partial charge in [0.15, 0.2) is 0 Å². The van der Waals surface area contributed by atoms with Crippen LogP contribution < -0.4 is 5.73 Å². The Labute approximate surface area is 104 Å². The van der Waals surface area contributed by atoms with Crippen molar-refractivity contribution in [3.05, 3.63) is 30.1 Å². The largest absolute Gasteiger partial charge is 0.371 e. The lowest BCUT2D eigenvalue weighted by molar-refractivity contribution is 0.0530. The van der Waals surface area contributed by atoms with Crippen LogP contribution in [0.25, 0.3) is 0 Å². The summed E-state index contributed by atoms with van der Waals surface area (Å²) < 4.78 is 5.77. The number of aromatic nitrogens is 1. The van der Waals surface area contributed by atoms with Gasteiger partial charge in [-0.15, -0.1) is 0 Å². The lowest BCUT2D eigenvalue weighted by atomic mass is 10.1. The molecule has 96 valence electrons. The molecule has 0 radical (unpaired) electrons. The van der Waals surface area contributed by atoms with E-state index in [2.05, 4.69) is 11.9 Å². The van der Waals surface area contributed by atoms with Gasteiger partial charge >= 0.3 is 0 Å². The number of hydrogen-bond donors (Lipinski definition) is 1. The van der Waals surface area contributed by atoms with Crippen LogP contribution in [0.15, 0.2) is 24.4 Å². The summed E-state index contributed by atoms with van der Waals surface area (Å²) in [5.74, 6) is 0. The number of nitrogens with zero attached hydrogens (tertiary/aromatic N) is 1. The summed E-state index contributed by atoms with van der Waals surface area (Å²) in [7, 11) is 0. The van der Waals surface area contributed by atoms with Crippen LogP contribution in [0.4, 0.5) is 0 Å². The smallest absolute Gasteiger partial charge is 0.112 e. The second kappa shape index (κ2) is 9.14. The van der Waals surface area contributed by atoms with Crippen molar-refractivity contribution in [2.45, 2.75) is 45.1 Å². The Morgan fingerprint density at radius 1 is 1.24 bits per heavy atom. The van der Waals surface area contributed by atoms with Gasteiger partial charge < -0.3 is 10.5 Å².